The van der Waals surface area contributed by atoms with Crippen LogP contribution in [0.25, 0.3) is 5.52 Å². The van der Waals surface area contributed by atoms with Crippen molar-refractivity contribution in [3.63, 3.8) is 0 Å². The maximum absolute atomic E-state index is 13.4. The van der Waals surface area contributed by atoms with Gasteiger partial charge in [0.05, 0.1) is 28.9 Å². The fraction of sp³-hybridized carbons (Fsp3) is 0.273. The summed E-state index contributed by atoms with van der Waals surface area (Å²) in [6.07, 6.45) is 1.07. The van der Waals surface area contributed by atoms with Crippen molar-refractivity contribution in [1.29, 1.82) is 0 Å². The van der Waals surface area contributed by atoms with Crippen molar-refractivity contribution in [2.24, 2.45) is 0 Å². The highest BCUT2D eigenvalue weighted by Gasteiger charge is 2.26. The van der Waals surface area contributed by atoms with Crippen molar-refractivity contribution in [1.82, 2.24) is 4.40 Å². The quantitative estimate of drug-likeness (QED) is 0.359. The van der Waals surface area contributed by atoms with Gasteiger partial charge in [-0.15, -0.1) is 0 Å². The molecule has 2 aromatic heterocycles. The van der Waals surface area contributed by atoms with E-state index in [1.807, 2.05) is 0 Å². The Morgan fingerprint density at radius 1 is 1.16 bits per heavy atom. The minimum atomic E-state index is -0.679. The van der Waals surface area contributed by atoms with Crippen molar-refractivity contribution in [2.45, 2.75) is 33.3 Å². The van der Waals surface area contributed by atoms with E-state index in [9.17, 15) is 19.7 Å². The SMILES string of the molecule is COc1cc(C(=O)c2c(C)c(NC(=O)OC(C)(C)C)c3ccccn23)ccc1[N+](=O)[O-]. The minimum Gasteiger partial charge on any atom is -0.490 e. The second kappa shape index (κ2) is 8.10. The van der Waals surface area contributed by atoms with Crippen LogP contribution in [-0.2, 0) is 4.74 Å². The van der Waals surface area contributed by atoms with Crippen LogP contribution in [0.1, 0.15) is 42.4 Å². The van der Waals surface area contributed by atoms with Gasteiger partial charge in [-0.3, -0.25) is 20.2 Å². The molecular weight excluding hydrogens is 402 g/mol. The highest BCUT2D eigenvalue weighted by molar-refractivity contribution is 6.12. The number of pyridine rings is 1. The molecule has 0 atom stereocenters. The number of ether oxygens (including phenoxy) is 2. The molecule has 0 aliphatic carbocycles. The molecule has 1 amide bonds. The Morgan fingerprint density at radius 2 is 1.87 bits per heavy atom. The number of nitrogens with one attached hydrogen (secondary N) is 1. The lowest BCUT2D eigenvalue weighted by atomic mass is 10.0. The lowest BCUT2D eigenvalue weighted by molar-refractivity contribution is -0.385. The normalized spacial score (nSPS) is 11.3. The lowest BCUT2D eigenvalue weighted by Gasteiger charge is -2.19. The Hall–Kier alpha value is -3.88. The number of hydrogen-bond donors (Lipinski definition) is 1. The second-order valence-corrected chi connectivity index (χ2v) is 7.90. The predicted octanol–water partition coefficient (Wildman–Crippen LogP) is 4.74. The van der Waals surface area contributed by atoms with E-state index in [-0.39, 0.29) is 22.8 Å². The van der Waals surface area contributed by atoms with E-state index in [2.05, 4.69) is 5.32 Å². The van der Waals surface area contributed by atoms with E-state index >= 15 is 0 Å². The molecule has 2 heterocycles. The molecule has 0 aliphatic rings. The van der Waals surface area contributed by atoms with E-state index in [0.29, 0.717) is 22.5 Å². The van der Waals surface area contributed by atoms with Gasteiger partial charge >= 0.3 is 11.8 Å². The van der Waals surface area contributed by atoms with Gasteiger partial charge in [-0.25, -0.2) is 4.79 Å². The van der Waals surface area contributed by atoms with Crippen LogP contribution in [0.15, 0.2) is 42.6 Å². The van der Waals surface area contributed by atoms with E-state index in [1.54, 1.807) is 56.5 Å². The number of benzene rings is 1. The fourth-order valence-corrected chi connectivity index (χ4v) is 3.28. The molecule has 0 aliphatic heterocycles. The average molecular weight is 425 g/mol. The molecule has 162 valence electrons. The zero-order valence-electron chi connectivity index (χ0n) is 17.9. The Kier molecular flexibility index (Phi) is 5.70. The van der Waals surface area contributed by atoms with Crippen molar-refractivity contribution in [3.05, 3.63) is 69.5 Å². The molecule has 9 heteroatoms. The van der Waals surface area contributed by atoms with Gasteiger partial charge in [0, 0.05) is 23.4 Å². The standard InChI is InChI=1S/C22H23N3O6/c1-13-18(23-21(27)31-22(2,3)4)16-8-6-7-11-24(16)19(13)20(26)14-9-10-15(25(28)29)17(12-14)30-5/h6-12H,1-5H3,(H,23,27). The monoisotopic (exact) mass is 425 g/mol. The van der Waals surface area contributed by atoms with Gasteiger partial charge in [0.2, 0.25) is 5.78 Å². The Bertz CT molecular complexity index is 1190. The van der Waals surface area contributed by atoms with Crippen LogP contribution < -0.4 is 10.1 Å². The summed E-state index contributed by atoms with van der Waals surface area (Å²) < 4.78 is 12.1. The number of aromatic nitrogens is 1. The number of hydrogen-bond acceptors (Lipinski definition) is 6. The van der Waals surface area contributed by atoms with Gasteiger partial charge in [0.25, 0.3) is 0 Å². The number of fused-ring (bicyclic) bond motifs is 1. The molecule has 0 saturated carbocycles. The van der Waals surface area contributed by atoms with Gasteiger partial charge < -0.3 is 13.9 Å². The zero-order chi connectivity index (χ0) is 22.9. The van der Waals surface area contributed by atoms with Crippen LogP contribution in [0.4, 0.5) is 16.2 Å². The van der Waals surface area contributed by atoms with Gasteiger partial charge in [0.15, 0.2) is 5.75 Å². The number of methoxy groups -OCH3 is 1. The first kappa shape index (κ1) is 21.8. The molecule has 1 N–H and O–H groups in total. The summed E-state index contributed by atoms with van der Waals surface area (Å²) in [5.74, 6) is -0.384. The highest BCUT2D eigenvalue weighted by Crippen LogP contribution is 2.33. The maximum atomic E-state index is 13.4. The van der Waals surface area contributed by atoms with Crippen LogP contribution in [0.3, 0.4) is 0 Å². The minimum absolute atomic E-state index is 0.0125. The first-order valence-electron chi connectivity index (χ1n) is 9.50. The first-order valence-corrected chi connectivity index (χ1v) is 9.50. The van der Waals surface area contributed by atoms with Crippen LogP contribution in [-0.4, -0.2) is 33.9 Å². The van der Waals surface area contributed by atoms with Crippen LogP contribution in [0.5, 0.6) is 5.75 Å². The van der Waals surface area contributed by atoms with E-state index in [4.69, 9.17) is 9.47 Å². The summed E-state index contributed by atoms with van der Waals surface area (Å²) in [6.45, 7) is 6.99. The summed E-state index contributed by atoms with van der Waals surface area (Å²) in [7, 11) is 1.30. The zero-order valence-corrected chi connectivity index (χ0v) is 17.9. The Balaban J connectivity index is 2.09. The third kappa shape index (κ3) is 4.35. The number of ketones is 1. The summed E-state index contributed by atoms with van der Waals surface area (Å²) in [5, 5.41) is 13.9. The molecule has 9 nitrogen and oxygen atoms in total. The molecule has 0 radical (unpaired) electrons. The molecule has 0 bridgehead atoms. The average Bonchev–Trinajstić information content (AvgIpc) is 2.97. The summed E-state index contributed by atoms with van der Waals surface area (Å²) in [6, 6.07) is 9.27. The number of carbonyl (C=O) groups is 2. The van der Waals surface area contributed by atoms with Crippen LogP contribution in [0, 0.1) is 17.0 Å². The van der Waals surface area contributed by atoms with Gasteiger partial charge in [0.1, 0.15) is 5.60 Å². The largest absolute Gasteiger partial charge is 0.490 e. The van der Waals surface area contributed by atoms with Gasteiger partial charge in [-0.05, 0) is 52.0 Å². The molecule has 31 heavy (non-hydrogen) atoms. The van der Waals surface area contributed by atoms with Gasteiger partial charge in [-0.1, -0.05) is 6.07 Å². The van der Waals surface area contributed by atoms with Crippen LogP contribution in [0.2, 0.25) is 0 Å². The predicted molar refractivity (Wildman–Crippen MR) is 115 cm³/mol. The fourth-order valence-electron chi connectivity index (χ4n) is 3.28. The summed E-state index contributed by atoms with van der Waals surface area (Å²) in [5.41, 5.74) is 1.23. The number of carbonyl (C=O) groups excluding carboxylic acids is 2. The molecular formula is C22H23N3O6. The smallest absolute Gasteiger partial charge is 0.412 e. The molecule has 0 unspecified atom stereocenters. The first-order chi connectivity index (χ1) is 14.5. The third-order valence-electron chi connectivity index (χ3n) is 4.57. The van der Waals surface area contributed by atoms with Crippen molar-refractivity contribution in [3.8, 4) is 5.75 Å². The molecule has 0 saturated heterocycles. The lowest BCUT2D eigenvalue weighted by Crippen LogP contribution is -2.27. The number of anilines is 1. The molecule has 3 rings (SSSR count). The van der Waals surface area contributed by atoms with E-state index in [1.165, 1.54) is 25.3 Å². The summed E-state index contributed by atoms with van der Waals surface area (Å²) >= 11 is 0. The molecule has 1 aromatic carbocycles. The number of nitrogens with zero attached hydrogens (tertiary/aromatic N) is 2. The van der Waals surface area contributed by atoms with Crippen molar-refractivity contribution < 1.29 is 24.0 Å². The molecule has 3 aromatic rings. The molecule has 0 spiro atoms. The topological polar surface area (TPSA) is 112 Å². The number of rotatable bonds is 5. The van der Waals surface area contributed by atoms with Gasteiger partial charge in [-0.2, -0.15) is 0 Å². The third-order valence-corrected chi connectivity index (χ3v) is 4.57. The van der Waals surface area contributed by atoms with E-state index < -0.39 is 16.6 Å². The number of nitro benzene ring substituents is 1. The molecule has 0 fully saturated rings. The van der Waals surface area contributed by atoms with Crippen molar-refractivity contribution >= 4 is 28.8 Å². The Morgan fingerprint density at radius 3 is 2.48 bits per heavy atom. The second-order valence-electron chi connectivity index (χ2n) is 7.90. The Labute approximate surface area is 178 Å². The highest BCUT2D eigenvalue weighted by atomic mass is 16.6. The number of nitro groups is 1. The maximum Gasteiger partial charge on any atom is 0.412 e. The summed E-state index contributed by atoms with van der Waals surface area (Å²) in [4.78, 5) is 36.3. The van der Waals surface area contributed by atoms with Crippen molar-refractivity contribution in [2.75, 3.05) is 12.4 Å². The van der Waals surface area contributed by atoms with Crippen LogP contribution >= 0.6 is 0 Å². The van der Waals surface area contributed by atoms with E-state index in [0.717, 1.165) is 0 Å². The number of amides is 1.